The lowest BCUT2D eigenvalue weighted by molar-refractivity contribution is -0.150. The van der Waals surface area contributed by atoms with E-state index in [1.54, 1.807) is 6.20 Å². The van der Waals surface area contributed by atoms with E-state index >= 15 is 0 Å². The van der Waals surface area contributed by atoms with Crippen molar-refractivity contribution in [3.63, 3.8) is 0 Å². The van der Waals surface area contributed by atoms with Crippen molar-refractivity contribution in [1.82, 2.24) is 36.1 Å². The Bertz CT molecular complexity index is 2310. The summed E-state index contributed by atoms with van der Waals surface area (Å²) in [5.41, 5.74) is 21.6. The van der Waals surface area contributed by atoms with E-state index in [0.717, 1.165) is 33.2 Å². The summed E-state index contributed by atoms with van der Waals surface area (Å²) in [5, 5.41) is 12.2. The maximum Gasteiger partial charge on any atom is 0.246 e. The fourth-order valence-electron chi connectivity index (χ4n) is 8.49. The molecule has 2 saturated heterocycles. The van der Waals surface area contributed by atoms with Crippen molar-refractivity contribution in [3.8, 4) is 0 Å². The summed E-state index contributed by atoms with van der Waals surface area (Å²) < 4.78 is 0. The first-order chi connectivity index (χ1) is 29.4. The number of nitrogens with two attached hydrogens (primary N) is 3. The number of aromatic amines is 1. The monoisotopic (exact) mass is 831 g/mol. The van der Waals surface area contributed by atoms with E-state index in [9.17, 15) is 28.8 Å². The molecule has 3 aliphatic rings. The van der Waals surface area contributed by atoms with Gasteiger partial charge in [-0.1, -0.05) is 72.8 Å². The number of rotatable bonds is 8. The number of carbonyl (C=O) groups excluding carboxylic acids is 6. The Morgan fingerprint density at radius 2 is 1.36 bits per heavy atom. The van der Waals surface area contributed by atoms with Gasteiger partial charge in [0.1, 0.15) is 36.3 Å². The molecule has 1 aromatic heterocycles. The normalized spacial score (nSPS) is 25.2. The van der Waals surface area contributed by atoms with Gasteiger partial charge in [-0.2, -0.15) is 0 Å². The molecule has 17 heteroatoms. The molecule has 11 N–H and O–H groups in total. The van der Waals surface area contributed by atoms with Gasteiger partial charge in [0, 0.05) is 62.0 Å². The molecule has 7 atom stereocenters. The first-order valence-electron chi connectivity index (χ1n) is 20.7. The highest BCUT2D eigenvalue weighted by Gasteiger charge is 2.46. The maximum atomic E-state index is 14.8. The molecule has 0 bridgehead atoms. The van der Waals surface area contributed by atoms with Gasteiger partial charge in [0.05, 0.1) is 0 Å². The summed E-state index contributed by atoms with van der Waals surface area (Å²) in [4.78, 5) is 96.9. The summed E-state index contributed by atoms with van der Waals surface area (Å²) in [6, 6.07) is 16.7. The summed E-state index contributed by atoms with van der Waals surface area (Å²) >= 11 is 0. The van der Waals surface area contributed by atoms with Crippen molar-refractivity contribution in [1.29, 1.82) is 0 Å². The van der Waals surface area contributed by atoms with Crippen LogP contribution >= 0.6 is 0 Å². The molecule has 4 heterocycles. The number of fused-ring (bicyclic) bond motifs is 4. The van der Waals surface area contributed by atoms with Crippen molar-refractivity contribution in [2.75, 3.05) is 13.1 Å². The van der Waals surface area contributed by atoms with Crippen LogP contribution in [0.25, 0.3) is 10.9 Å². The Kier molecular flexibility index (Phi) is 13.0. The third-order valence-electron chi connectivity index (χ3n) is 11.7. The zero-order valence-corrected chi connectivity index (χ0v) is 34.0. The number of nitrogens with one attached hydrogen (secondary N) is 5. The van der Waals surface area contributed by atoms with Crippen LogP contribution in [0.3, 0.4) is 0 Å². The largest absolute Gasteiger partial charge is 0.370 e. The van der Waals surface area contributed by atoms with Gasteiger partial charge >= 0.3 is 0 Å². The molecule has 0 aliphatic carbocycles. The molecule has 2 fully saturated rings. The molecule has 4 aromatic rings. The molecule has 3 aliphatic heterocycles. The Labute approximate surface area is 353 Å². The second-order valence-corrected chi connectivity index (χ2v) is 16.1. The highest BCUT2D eigenvalue weighted by molar-refractivity contribution is 5.99. The second-order valence-electron chi connectivity index (χ2n) is 16.1. The lowest BCUT2D eigenvalue weighted by atomic mass is 9.92. The van der Waals surface area contributed by atoms with Gasteiger partial charge in [0.2, 0.25) is 35.4 Å². The van der Waals surface area contributed by atoms with Gasteiger partial charge in [0.25, 0.3) is 0 Å². The number of hydrogen-bond acceptors (Lipinski definition) is 8. The first kappa shape index (κ1) is 42.4. The molecule has 17 nitrogen and oxygen atoms in total. The molecule has 320 valence electrons. The summed E-state index contributed by atoms with van der Waals surface area (Å²) in [5.74, 6) is -3.69. The standard InChI is InChI=1S/C44H53N11O6/c1-25-38(56)52-34(18-26-10-3-2-4-11-26)39(57)53-35(19-29-22-49-32-15-8-7-14-31(29)32)40(58)51-33(16-9-17-48-44(46)47)42(60)55-24-30(45)21-37(55)43(61)54-23-28-13-6-5-12-27(28)20-36(54)41(59)50-25/h2-8,10-15,22,25,30,33-37,49H,9,16-21,23-24,45H2,1H3,(H,50,59)(H,51,58)(H,52,56)(H,53,57)(H4,46,47,48)/t25-,30-,33-,34+,35-,36-,37+/m0/s1. The van der Waals surface area contributed by atoms with Crippen molar-refractivity contribution in [3.05, 3.63) is 107 Å². The Hall–Kier alpha value is -6.75. The van der Waals surface area contributed by atoms with Gasteiger partial charge in [-0.3, -0.25) is 33.8 Å². The summed E-state index contributed by atoms with van der Waals surface area (Å²) in [6.45, 7) is 1.76. The van der Waals surface area contributed by atoms with E-state index < -0.39 is 77.7 Å². The molecule has 6 amide bonds. The van der Waals surface area contributed by atoms with Crippen LogP contribution in [-0.2, 0) is 54.6 Å². The molecule has 3 aromatic carbocycles. The number of guanidine groups is 1. The number of aliphatic imine (C=N–C) groups is 1. The minimum Gasteiger partial charge on any atom is -0.370 e. The van der Waals surface area contributed by atoms with Crippen molar-refractivity contribution < 1.29 is 28.8 Å². The number of amides is 6. The minimum absolute atomic E-state index is 0.0164. The second kappa shape index (κ2) is 18.7. The third-order valence-corrected chi connectivity index (χ3v) is 11.7. The average Bonchev–Trinajstić information content (AvgIpc) is 3.86. The van der Waals surface area contributed by atoms with Crippen LogP contribution in [0.4, 0.5) is 0 Å². The molecule has 0 saturated carbocycles. The zero-order valence-electron chi connectivity index (χ0n) is 34.0. The highest BCUT2D eigenvalue weighted by Crippen LogP contribution is 2.29. The molecular formula is C44H53N11O6. The molecule has 7 rings (SSSR count). The highest BCUT2D eigenvalue weighted by atomic mass is 16.2. The number of aromatic nitrogens is 1. The number of hydrogen-bond donors (Lipinski definition) is 8. The number of carbonyl (C=O) groups is 6. The van der Waals surface area contributed by atoms with E-state index in [-0.39, 0.29) is 64.1 Å². The van der Waals surface area contributed by atoms with Gasteiger partial charge in [-0.25, -0.2) is 0 Å². The molecular weight excluding hydrogens is 779 g/mol. The quantitative estimate of drug-likeness (QED) is 0.0667. The SMILES string of the molecule is C[C@@H]1NC(=O)[C@@H]2Cc3ccccc3CN2C(=O)[C@H]2C[C@H](N)CN2C(=O)[C@H](CCCN=C(N)N)NC(=O)[C@H](Cc2c[nH]c3ccccc23)NC(=O)[C@@H](Cc2ccccc2)NC1=O. The molecule has 0 unspecified atom stereocenters. The van der Waals surface area contributed by atoms with Crippen LogP contribution < -0.4 is 38.5 Å². The van der Waals surface area contributed by atoms with Crippen molar-refractivity contribution in [2.45, 2.75) is 94.3 Å². The van der Waals surface area contributed by atoms with Crippen molar-refractivity contribution >= 4 is 52.3 Å². The Balaban J connectivity index is 1.29. The van der Waals surface area contributed by atoms with E-state index in [4.69, 9.17) is 17.2 Å². The lowest BCUT2D eigenvalue weighted by Gasteiger charge is -2.39. The van der Waals surface area contributed by atoms with E-state index in [2.05, 4.69) is 31.2 Å². The fourth-order valence-corrected chi connectivity index (χ4v) is 8.49. The Morgan fingerprint density at radius 1 is 0.705 bits per heavy atom. The van der Waals surface area contributed by atoms with E-state index in [1.165, 1.54) is 16.7 Å². The third kappa shape index (κ3) is 9.84. The van der Waals surface area contributed by atoms with Crippen LogP contribution in [0, 0.1) is 0 Å². The molecule has 61 heavy (non-hydrogen) atoms. The Morgan fingerprint density at radius 3 is 2.11 bits per heavy atom. The van der Waals surface area contributed by atoms with Crippen LogP contribution in [0.15, 0.2) is 90.1 Å². The average molecular weight is 832 g/mol. The number of H-pyrrole nitrogens is 1. The van der Waals surface area contributed by atoms with Gasteiger partial charge in [-0.15, -0.1) is 0 Å². The van der Waals surface area contributed by atoms with Crippen LogP contribution in [0.1, 0.15) is 48.4 Å². The van der Waals surface area contributed by atoms with Gasteiger partial charge in [0.15, 0.2) is 5.96 Å². The first-order valence-corrected chi connectivity index (χ1v) is 20.7. The maximum absolute atomic E-state index is 14.8. The number of benzene rings is 3. The summed E-state index contributed by atoms with van der Waals surface area (Å²) in [6.07, 6.45) is 2.47. The topological polar surface area (TPSA) is 263 Å². The zero-order chi connectivity index (χ0) is 43.2. The molecule has 0 radical (unpaired) electrons. The molecule has 0 spiro atoms. The van der Waals surface area contributed by atoms with Crippen LogP contribution in [-0.4, -0.2) is 112 Å². The smallest absolute Gasteiger partial charge is 0.246 e. The van der Waals surface area contributed by atoms with Gasteiger partial charge < -0.3 is 53.3 Å². The van der Waals surface area contributed by atoms with Crippen LogP contribution in [0.5, 0.6) is 0 Å². The van der Waals surface area contributed by atoms with E-state index in [1.807, 2.05) is 78.9 Å². The predicted octanol–water partition coefficient (Wildman–Crippen LogP) is -0.139. The number of nitrogens with zero attached hydrogens (tertiary/aromatic N) is 3. The van der Waals surface area contributed by atoms with Crippen molar-refractivity contribution in [2.24, 2.45) is 22.2 Å². The lowest BCUT2D eigenvalue weighted by Crippen LogP contribution is -2.62. The fraction of sp³-hybridized carbons (Fsp3) is 0.386. The summed E-state index contributed by atoms with van der Waals surface area (Å²) in [7, 11) is 0. The number of para-hydroxylation sites is 1. The van der Waals surface area contributed by atoms with E-state index in [0.29, 0.717) is 0 Å². The van der Waals surface area contributed by atoms with Crippen LogP contribution in [0.2, 0.25) is 0 Å². The van der Waals surface area contributed by atoms with Gasteiger partial charge in [-0.05, 0) is 54.5 Å². The predicted molar refractivity (Wildman–Crippen MR) is 228 cm³/mol. The minimum atomic E-state index is -1.24.